The zero-order valence-corrected chi connectivity index (χ0v) is 12.9. The Bertz CT molecular complexity index is 464. The highest BCUT2D eigenvalue weighted by Gasteiger charge is 2.34. The van der Waals surface area contributed by atoms with Crippen LogP contribution in [0.5, 0.6) is 0 Å². The summed E-state index contributed by atoms with van der Waals surface area (Å²) in [6.07, 6.45) is 8.09. The first kappa shape index (κ1) is 15.0. The molecule has 0 aliphatic heterocycles. The van der Waals surface area contributed by atoms with Crippen molar-refractivity contribution in [1.82, 2.24) is 0 Å². The molecule has 2 unspecified atom stereocenters. The topological polar surface area (TPSA) is 17.1 Å². The van der Waals surface area contributed by atoms with Gasteiger partial charge in [-0.15, -0.1) is 0 Å². The largest absolute Gasteiger partial charge is 0.299 e. The summed E-state index contributed by atoms with van der Waals surface area (Å²) in [6.45, 7) is 6.89. The third-order valence-electron chi connectivity index (χ3n) is 4.52. The molecule has 1 aliphatic carbocycles. The Morgan fingerprint density at radius 2 is 1.90 bits per heavy atom. The van der Waals surface area contributed by atoms with Crippen LogP contribution in [-0.4, -0.2) is 5.78 Å². The molecular weight excluding hydrogens is 244 g/mol. The van der Waals surface area contributed by atoms with Crippen LogP contribution in [0.15, 0.2) is 36.4 Å². The summed E-state index contributed by atoms with van der Waals surface area (Å²) in [6, 6.07) is 10.3. The van der Waals surface area contributed by atoms with Gasteiger partial charge in [-0.2, -0.15) is 0 Å². The van der Waals surface area contributed by atoms with Crippen molar-refractivity contribution < 1.29 is 4.79 Å². The molecule has 20 heavy (non-hydrogen) atoms. The average Bonchev–Trinajstić information content (AvgIpc) is 2.41. The van der Waals surface area contributed by atoms with Crippen LogP contribution >= 0.6 is 0 Å². The molecule has 1 saturated carbocycles. The second-order valence-corrected chi connectivity index (χ2v) is 7.05. The van der Waals surface area contributed by atoms with Crippen LogP contribution in [0.25, 0.3) is 6.08 Å². The molecule has 1 nitrogen and oxygen atoms in total. The predicted molar refractivity (Wildman–Crippen MR) is 85.4 cm³/mol. The molecular formula is C19H26O. The quantitative estimate of drug-likeness (QED) is 0.745. The van der Waals surface area contributed by atoms with Crippen LogP contribution in [0, 0.1) is 17.3 Å². The molecule has 1 aliphatic rings. The summed E-state index contributed by atoms with van der Waals surface area (Å²) < 4.78 is 0. The van der Waals surface area contributed by atoms with Gasteiger partial charge in [0.15, 0.2) is 0 Å². The van der Waals surface area contributed by atoms with E-state index in [0.717, 1.165) is 25.7 Å². The Balaban J connectivity index is 1.94. The van der Waals surface area contributed by atoms with E-state index in [1.807, 2.05) is 18.2 Å². The number of rotatable bonds is 3. The SMILES string of the molecule is CC(C)(C)C1CCC(=O)C(CC=Cc2ccccc2)C1. The number of hydrogen-bond donors (Lipinski definition) is 0. The van der Waals surface area contributed by atoms with Crippen LogP contribution < -0.4 is 0 Å². The fraction of sp³-hybridized carbons (Fsp3) is 0.526. The molecule has 1 fully saturated rings. The Labute approximate surface area is 123 Å². The summed E-state index contributed by atoms with van der Waals surface area (Å²) in [5.74, 6) is 1.37. The molecule has 2 atom stereocenters. The van der Waals surface area contributed by atoms with E-state index >= 15 is 0 Å². The molecule has 1 aromatic carbocycles. The van der Waals surface area contributed by atoms with Gasteiger partial charge in [0, 0.05) is 12.3 Å². The van der Waals surface area contributed by atoms with Gasteiger partial charge in [-0.25, -0.2) is 0 Å². The van der Waals surface area contributed by atoms with Crippen LogP contribution in [-0.2, 0) is 4.79 Å². The third kappa shape index (κ3) is 4.06. The van der Waals surface area contributed by atoms with Crippen molar-refractivity contribution in [2.24, 2.45) is 17.3 Å². The van der Waals surface area contributed by atoms with Gasteiger partial charge < -0.3 is 0 Å². The lowest BCUT2D eigenvalue weighted by Crippen LogP contribution is -2.31. The van der Waals surface area contributed by atoms with Gasteiger partial charge in [-0.1, -0.05) is 63.3 Å². The Morgan fingerprint density at radius 3 is 2.55 bits per heavy atom. The Kier molecular flexibility index (Phi) is 4.80. The first-order valence-electron chi connectivity index (χ1n) is 7.71. The number of carbonyl (C=O) groups is 1. The smallest absolute Gasteiger partial charge is 0.136 e. The fourth-order valence-electron chi connectivity index (χ4n) is 3.06. The van der Waals surface area contributed by atoms with Crippen molar-refractivity contribution in [2.75, 3.05) is 0 Å². The standard InChI is InChI=1S/C19H26O/c1-19(2,3)17-12-13-18(20)16(14-17)11-7-10-15-8-5-4-6-9-15/h4-10,16-17H,11-14H2,1-3H3. The van der Waals surface area contributed by atoms with Crippen molar-refractivity contribution in [2.45, 2.75) is 46.5 Å². The molecule has 0 radical (unpaired) electrons. The van der Waals surface area contributed by atoms with Crippen molar-refractivity contribution in [3.8, 4) is 0 Å². The fourth-order valence-corrected chi connectivity index (χ4v) is 3.06. The van der Waals surface area contributed by atoms with Gasteiger partial charge >= 0.3 is 0 Å². The second kappa shape index (κ2) is 6.39. The van der Waals surface area contributed by atoms with Crippen molar-refractivity contribution >= 4 is 11.9 Å². The summed E-state index contributed by atoms with van der Waals surface area (Å²) in [7, 11) is 0. The molecule has 0 bridgehead atoms. The monoisotopic (exact) mass is 270 g/mol. The number of ketones is 1. The summed E-state index contributed by atoms with van der Waals surface area (Å²) in [4.78, 5) is 12.1. The van der Waals surface area contributed by atoms with Gasteiger partial charge in [0.1, 0.15) is 5.78 Å². The lowest BCUT2D eigenvalue weighted by molar-refractivity contribution is -0.126. The molecule has 1 heteroatoms. The molecule has 1 aromatic rings. The maximum absolute atomic E-state index is 12.1. The minimum atomic E-state index is 0.230. The highest BCUT2D eigenvalue weighted by atomic mass is 16.1. The summed E-state index contributed by atoms with van der Waals surface area (Å²) in [5.41, 5.74) is 1.53. The normalized spacial score (nSPS) is 24.2. The lowest BCUT2D eigenvalue weighted by Gasteiger charge is -2.36. The molecule has 0 spiro atoms. The molecule has 0 aromatic heterocycles. The maximum Gasteiger partial charge on any atom is 0.136 e. The Hall–Kier alpha value is -1.37. The van der Waals surface area contributed by atoms with E-state index in [9.17, 15) is 4.79 Å². The van der Waals surface area contributed by atoms with Gasteiger partial charge in [0.05, 0.1) is 0 Å². The van der Waals surface area contributed by atoms with E-state index in [-0.39, 0.29) is 5.92 Å². The van der Waals surface area contributed by atoms with E-state index in [0.29, 0.717) is 17.1 Å². The van der Waals surface area contributed by atoms with Crippen LogP contribution in [0.1, 0.15) is 52.0 Å². The predicted octanol–water partition coefficient (Wildman–Crippen LogP) is 5.12. The van der Waals surface area contributed by atoms with E-state index in [1.165, 1.54) is 5.56 Å². The van der Waals surface area contributed by atoms with E-state index < -0.39 is 0 Å². The molecule has 2 rings (SSSR count). The average molecular weight is 270 g/mol. The van der Waals surface area contributed by atoms with Crippen molar-refractivity contribution in [3.05, 3.63) is 42.0 Å². The zero-order valence-electron chi connectivity index (χ0n) is 12.9. The summed E-state index contributed by atoms with van der Waals surface area (Å²) in [5, 5.41) is 0. The molecule has 0 N–H and O–H groups in total. The highest BCUT2D eigenvalue weighted by molar-refractivity contribution is 5.82. The minimum absolute atomic E-state index is 0.230. The zero-order chi connectivity index (χ0) is 14.6. The minimum Gasteiger partial charge on any atom is -0.299 e. The molecule has 0 heterocycles. The van der Waals surface area contributed by atoms with Gasteiger partial charge in [0.25, 0.3) is 0 Å². The Morgan fingerprint density at radius 1 is 1.20 bits per heavy atom. The number of allylic oxidation sites excluding steroid dienone is 1. The van der Waals surface area contributed by atoms with E-state index in [1.54, 1.807) is 0 Å². The van der Waals surface area contributed by atoms with Crippen molar-refractivity contribution in [1.29, 1.82) is 0 Å². The van der Waals surface area contributed by atoms with Gasteiger partial charge in [-0.3, -0.25) is 4.79 Å². The molecule has 108 valence electrons. The molecule has 0 amide bonds. The highest BCUT2D eigenvalue weighted by Crippen LogP contribution is 2.39. The second-order valence-electron chi connectivity index (χ2n) is 7.05. The number of hydrogen-bond acceptors (Lipinski definition) is 1. The van der Waals surface area contributed by atoms with Crippen LogP contribution in [0.4, 0.5) is 0 Å². The third-order valence-corrected chi connectivity index (χ3v) is 4.52. The van der Waals surface area contributed by atoms with Crippen LogP contribution in [0.3, 0.4) is 0 Å². The van der Waals surface area contributed by atoms with Crippen molar-refractivity contribution in [3.63, 3.8) is 0 Å². The van der Waals surface area contributed by atoms with E-state index in [4.69, 9.17) is 0 Å². The number of carbonyl (C=O) groups excluding carboxylic acids is 1. The maximum atomic E-state index is 12.1. The van der Waals surface area contributed by atoms with Gasteiger partial charge in [-0.05, 0) is 36.2 Å². The van der Waals surface area contributed by atoms with Crippen LogP contribution in [0.2, 0.25) is 0 Å². The number of Topliss-reactive ketones (excluding diaryl/α,β-unsaturated/α-hetero) is 1. The first-order valence-corrected chi connectivity index (χ1v) is 7.71. The lowest BCUT2D eigenvalue weighted by atomic mass is 9.68. The number of benzene rings is 1. The van der Waals surface area contributed by atoms with E-state index in [2.05, 4.69) is 45.1 Å². The summed E-state index contributed by atoms with van der Waals surface area (Å²) >= 11 is 0. The first-order chi connectivity index (χ1) is 9.47. The molecule has 0 saturated heterocycles. The van der Waals surface area contributed by atoms with Gasteiger partial charge in [0.2, 0.25) is 0 Å².